The largest absolute Gasteiger partial charge is 0.493 e. The van der Waals surface area contributed by atoms with Crippen LogP contribution in [-0.4, -0.2) is 19.6 Å². The first-order valence-electron chi connectivity index (χ1n) is 7.77. The number of carbonyl (C=O) groups is 1. The Hall–Kier alpha value is -2.49. The summed E-state index contributed by atoms with van der Waals surface area (Å²) in [6.07, 6.45) is 0. The molecule has 23 heavy (non-hydrogen) atoms. The lowest BCUT2D eigenvalue weighted by atomic mass is 10.0. The molecule has 0 aromatic heterocycles. The van der Waals surface area contributed by atoms with Gasteiger partial charge in [0.25, 0.3) is 5.91 Å². The van der Waals surface area contributed by atoms with Gasteiger partial charge in [0.05, 0.1) is 13.7 Å². The van der Waals surface area contributed by atoms with Crippen LogP contribution in [0.1, 0.15) is 42.6 Å². The maximum absolute atomic E-state index is 12.3. The normalized spacial score (nSPS) is 10.5. The maximum Gasteiger partial charge on any atom is 0.255 e. The molecule has 2 aromatic carbocycles. The Morgan fingerprint density at radius 1 is 1.09 bits per heavy atom. The van der Waals surface area contributed by atoms with Gasteiger partial charge in [0.1, 0.15) is 0 Å². The maximum atomic E-state index is 12.3. The number of hydrogen-bond acceptors (Lipinski definition) is 3. The number of anilines is 1. The lowest BCUT2D eigenvalue weighted by Crippen LogP contribution is -2.12. The second kappa shape index (κ2) is 7.68. The summed E-state index contributed by atoms with van der Waals surface area (Å²) in [5, 5.41) is 2.88. The number of ether oxygens (including phenoxy) is 2. The van der Waals surface area contributed by atoms with Crippen molar-refractivity contribution < 1.29 is 14.3 Å². The molecule has 0 unspecified atom stereocenters. The fourth-order valence-electron chi connectivity index (χ4n) is 2.24. The van der Waals surface area contributed by atoms with Crippen LogP contribution in [0.15, 0.2) is 42.5 Å². The number of hydrogen-bond donors (Lipinski definition) is 1. The Labute approximate surface area is 137 Å². The molecular weight excluding hydrogens is 290 g/mol. The number of benzene rings is 2. The third-order valence-corrected chi connectivity index (χ3v) is 3.56. The van der Waals surface area contributed by atoms with Gasteiger partial charge in [0.15, 0.2) is 11.5 Å². The molecule has 4 heteroatoms. The zero-order valence-electron chi connectivity index (χ0n) is 14.1. The summed E-state index contributed by atoms with van der Waals surface area (Å²) in [4.78, 5) is 12.3. The Morgan fingerprint density at radius 2 is 1.78 bits per heavy atom. The second-order valence-electron chi connectivity index (χ2n) is 5.53. The molecule has 0 heterocycles. The predicted octanol–water partition coefficient (Wildman–Crippen LogP) is 4.47. The summed E-state index contributed by atoms with van der Waals surface area (Å²) in [7, 11) is 1.58. The van der Waals surface area contributed by atoms with E-state index in [0.29, 0.717) is 35.3 Å². The first-order chi connectivity index (χ1) is 11.0. The van der Waals surface area contributed by atoms with Gasteiger partial charge in [-0.1, -0.05) is 26.0 Å². The lowest BCUT2D eigenvalue weighted by molar-refractivity contribution is 0.102. The van der Waals surface area contributed by atoms with Crippen molar-refractivity contribution in [1.82, 2.24) is 0 Å². The average molecular weight is 313 g/mol. The Bertz CT molecular complexity index is 663. The fourth-order valence-corrected chi connectivity index (χ4v) is 2.24. The van der Waals surface area contributed by atoms with Crippen molar-refractivity contribution in [2.45, 2.75) is 26.7 Å². The minimum Gasteiger partial charge on any atom is -0.493 e. The molecule has 0 atom stereocenters. The van der Waals surface area contributed by atoms with Gasteiger partial charge in [-0.05, 0) is 42.7 Å². The van der Waals surface area contributed by atoms with Crippen LogP contribution in [0.5, 0.6) is 11.5 Å². The number of carbonyl (C=O) groups excluding carboxylic acids is 1. The van der Waals surface area contributed by atoms with Crippen LogP contribution in [0.25, 0.3) is 0 Å². The van der Waals surface area contributed by atoms with Crippen LogP contribution >= 0.6 is 0 Å². The van der Waals surface area contributed by atoms with Gasteiger partial charge in [-0.15, -0.1) is 0 Å². The van der Waals surface area contributed by atoms with Crippen LogP contribution in [0.2, 0.25) is 0 Å². The Kier molecular flexibility index (Phi) is 5.63. The summed E-state index contributed by atoms with van der Waals surface area (Å²) in [6, 6.07) is 13.0. The monoisotopic (exact) mass is 313 g/mol. The van der Waals surface area contributed by atoms with E-state index in [9.17, 15) is 4.79 Å². The number of methoxy groups -OCH3 is 1. The molecule has 1 amide bonds. The SMILES string of the molecule is CCOc1ccc(NC(=O)c2ccc(C(C)C)cc2)cc1OC. The van der Waals surface area contributed by atoms with Gasteiger partial charge in [-0.25, -0.2) is 0 Å². The molecule has 2 aromatic rings. The van der Waals surface area contributed by atoms with Crippen LogP contribution in [0, 0.1) is 0 Å². The van der Waals surface area contributed by atoms with E-state index in [1.54, 1.807) is 25.3 Å². The Balaban J connectivity index is 2.13. The third kappa shape index (κ3) is 4.25. The van der Waals surface area contributed by atoms with E-state index < -0.39 is 0 Å². The van der Waals surface area contributed by atoms with Crippen molar-refractivity contribution >= 4 is 11.6 Å². The molecule has 0 radical (unpaired) electrons. The molecule has 122 valence electrons. The van der Waals surface area contributed by atoms with Gasteiger partial charge in [0, 0.05) is 17.3 Å². The average Bonchev–Trinajstić information content (AvgIpc) is 2.56. The molecule has 0 saturated heterocycles. The fraction of sp³-hybridized carbons (Fsp3) is 0.316. The van der Waals surface area contributed by atoms with E-state index in [1.807, 2.05) is 31.2 Å². The van der Waals surface area contributed by atoms with E-state index in [4.69, 9.17) is 9.47 Å². The number of amides is 1. The molecule has 0 aliphatic rings. The minimum atomic E-state index is -0.147. The highest BCUT2D eigenvalue weighted by molar-refractivity contribution is 6.04. The summed E-state index contributed by atoms with van der Waals surface area (Å²) in [5.41, 5.74) is 2.51. The van der Waals surface area contributed by atoms with E-state index in [0.717, 1.165) is 0 Å². The van der Waals surface area contributed by atoms with Crippen molar-refractivity contribution in [2.75, 3.05) is 19.0 Å². The molecule has 0 aliphatic heterocycles. The van der Waals surface area contributed by atoms with Crippen molar-refractivity contribution in [2.24, 2.45) is 0 Å². The first kappa shape index (κ1) is 16.9. The molecule has 0 saturated carbocycles. The summed E-state index contributed by atoms with van der Waals surface area (Å²) < 4.78 is 10.8. The van der Waals surface area contributed by atoms with Crippen LogP contribution in [0.4, 0.5) is 5.69 Å². The molecule has 4 nitrogen and oxygen atoms in total. The summed E-state index contributed by atoms with van der Waals surface area (Å²) in [6.45, 7) is 6.72. The van der Waals surface area contributed by atoms with Gasteiger partial charge in [-0.2, -0.15) is 0 Å². The van der Waals surface area contributed by atoms with Crippen molar-refractivity contribution in [3.05, 3.63) is 53.6 Å². The lowest BCUT2D eigenvalue weighted by Gasteiger charge is -2.12. The molecule has 0 fully saturated rings. The smallest absolute Gasteiger partial charge is 0.255 e. The molecule has 0 aliphatic carbocycles. The summed E-state index contributed by atoms with van der Waals surface area (Å²) >= 11 is 0. The van der Waals surface area contributed by atoms with Gasteiger partial charge in [-0.3, -0.25) is 4.79 Å². The highest BCUT2D eigenvalue weighted by atomic mass is 16.5. The van der Waals surface area contributed by atoms with Gasteiger partial charge in [0.2, 0.25) is 0 Å². The van der Waals surface area contributed by atoms with E-state index in [-0.39, 0.29) is 5.91 Å². The van der Waals surface area contributed by atoms with E-state index in [2.05, 4.69) is 19.2 Å². The zero-order chi connectivity index (χ0) is 16.8. The van der Waals surface area contributed by atoms with Crippen molar-refractivity contribution in [3.63, 3.8) is 0 Å². The van der Waals surface area contributed by atoms with Crippen LogP contribution < -0.4 is 14.8 Å². The molecule has 1 N–H and O–H groups in total. The molecule has 2 rings (SSSR count). The highest BCUT2D eigenvalue weighted by Crippen LogP contribution is 2.30. The summed E-state index contributed by atoms with van der Waals surface area (Å²) in [5.74, 6) is 1.56. The third-order valence-electron chi connectivity index (χ3n) is 3.56. The zero-order valence-corrected chi connectivity index (χ0v) is 14.1. The second-order valence-corrected chi connectivity index (χ2v) is 5.53. The first-order valence-corrected chi connectivity index (χ1v) is 7.77. The van der Waals surface area contributed by atoms with Gasteiger partial charge >= 0.3 is 0 Å². The predicted molar refractivity (Wildman–Crippen MR) is 92.6 cm³/mol. The molecule has 0 bridgehead atoms. The van der Waals surface area contributed by atoms with Crippen molar-refractivity contribution in [3.8, 4) is 11.5 Å². The van der Waals surface area contributed by atoms with E-state index in [1.165, 1.54) is 5.56 Å². The van der Waals surface area contributed by atoms with Gasteiger partial charge < -0.3 is 14.8 Å². The van der Waals surface area contributed by atoms with Crippen LogP contribution in [0.3, 0.4) is 0 Å². The molecular formula is C19H23NO3. The Morgan fingerprint density at radius 3 is 2.35 bits per heavy atom. The van der Waals surface area contributed by atoms with E-state index >= 15 is 0 Å². The quantitative estimate of drug-likeness (QED) is 0.856. The highest BCUT2D eigenvalue weighted by Gasteiger charge is 2.10. The van der Waals surface area contributed by atoms with Crippen LogP contribution in [-0.2, 0) is 0 Å². The number of nitrogens with one attached hydrogen (secondary N) is 1. The number of rotatable bonds is 6. The van der Waals surface area contributed by atoms with Crippen molar-refractivity contribution in [1.29, 1.82) is 0 Å². The minimum absolute atomic E-state index is 0.147. The topological polar surface area (TPSA) is 47.6 Å². The standard InChI is InChI=1S/C19H23NO3/c1-5-23-17-11-10-16(12-18(17)22-4)20-19(21)15-8-6-14(7-9-15)13(2)3/h6-13H,5H2,1-4H3,(H,20,21). The molecule has 0 spiro atoms.